The highest BCUT2D eigenvalue weighted by Crippen LogP contribution is 2.32. The molecule has 8 nitrogen and oxygen atoms in total. The fourth-order valence-corrected chi connectivity index (χ4v) is 3.47. The van der Waals surface area contributed by atoms with Gasteiger partial charge in [-0.05, 0) is 30.5 Å². The Balaban J connectivity index is 1.60. The van der Waals surface area contributed by atoms with Crippen LogP contribution in [0.5, 0.6) is 0 Å². The first-order chi connectivity index (χ1) is 14.1. The van der Waals surface area contributed by atoms with Crippen LogP contribution in [0.2, 0.25) is 0 Å². The average molecular weight is 393 g/mol. The van der Waals surface area contributed by atoms with E-state index in [9.17, 15) is 9.65 Å². The molecule has 0 bridgehead atoms. The molecule has 9 heteroatoms. The van der Waals surface area contributed by atoms with Crippen LogP contribution in [0.4, 0.5) is 16.0 Å². The number of H-pyrrole nitrogens is 1. The summed E-state index contributed by atoms with van der Waals surface area (Å²) < 4.78 is 20.1. The van der Waals surface area contributed by atoms with E-state index in [-0.39, 0.29) is 17.2 Å². The van der Waals surface area contributed by atoms with Crippen LogP contribution in [0.3, 0.4) is 0 Å². The highest BCUT2D eigenvalue weighted by atomic mass is 19.1. The fraction of sp³-hybridized carbons (Fsp3) is 0.300. The Bertz CT molecular complexity index is 1150. The summed E-state index contributed by atoms with van der Waals surface area (Å²) in [6, 6.07) is 3.52. The molecular weight excluding hydrogens is 373 g/mol. The van der Waals surface area contributed by atoms with E-state index < -0.39 is 0 Å². The maximum absolute atomic E-state index is 14.8. The van der Waals surface area contributed by atoms with Gasteiger partial charge in [0.1, 0.15) is 41.2 Å². The number of nitriles is 1. The number of benzene rings is 1. The second-order valence-electron chi connectivity index (χ2n) is 6.78. The molecule has 148 valence electrons. The smallest absolute Gasteiger partial charge is 0.149 e. The summed E-state index contributed by atoms with van der Waals surface area (Å²) in [6.45, 7) is 3.38. The third kappa shape index (κ3) is 3.62. The number of aromatic amines is 1. The summed E-state index contributed by atoms with van der Waals surface area (Å²) in [7, 11) is 0. The molecule has 3 heterocycles. The van der Waals surface area contributed by atoms with Crippen LogP contribution < -0.4 is 11.1 Å². The number of halogens is 1. The van der Waals surface area contributed by atoms with Gasteiger partial charge in [-0.25, -0.2) is 19.3 Å². The predicted molar refractivity (Wildman–Crippen MR) is 108 cm³/mol. The molecule has 0 atom stereocenters. The molecule has 3 aromatic rings. The van der Waals surface area contributed by atoms with Crippen LogP contribution in [0.15, 0.2) is 18.5 Å². The minimum absolute atomic E-state index is 0.134. The average Bonchev–Trinajstić information content (AvgIpc) is 3.13. The van der Waals surface area contributed by atoms with E-state index in [1.165, 1.54) is 12.4 Å². The van der Waals surface area contributed by atoms with Crippen molar-refractivity contribution in [3.63, 3.8) is 0 Å². The van der Waals surface area contributed by atoms with Crippen LogP contribution in [0.25, 0.3) is 16.6 Å². The van der Waals surface area contributed by atoms with Gasteiger partial charge < -0.3 is 20.8 Å². The van der Waals surface area contributed by atoms with Gasteiger partial charge in [-0.15, -0.1) is 0 Å². The van der Waals surface area contributed by atoms with Crippen LogP contribution in [-0.4, -0.2) is 39.7 Å². The highest BCUT2D eigenvalue weighted by Gasteiger charge is 2.19. The van der Waals surface area contributed by atoms with Crippen molar-refractivity contribution in [2.75, 3.05) is 30.8 Å². The molecule has 0 aliphatic carbocycles. The second kappa shape index (κ2) is 7.85. The molecule has 29 heavy (non-hydrogen) atoms. The van der Waals surface area contributed by atoms with Gasteiger partial charge in [-0.1, -0.05) is 6.08 Å². The lowest BCUT2D eigenvalue weighted by Gasteiger charge is -2.15. The first-order valence-corrected chi connectivity index (χ1v) is 9.27. The molecule has 1 aliphatic heterocycles. The van der Waals surface area contributed by atoms with Crippen molar-refractivity contribution in [2.45, 2.75) is 19.8 Å². The number of nitrogens with zero attached hydrogens (tertiary/aromatic N) is 4. The molecule has 0 unspecified atom stereocenters. The van der Waals surface area contributed by atoms with E-state index in [1.54, 1.807) is 0 Å². The number of aromatic nitrogens is 4. The van der Waals surface area contributed by atoms with Crippen molar-refractivity contribution in [3.8, 4) is 6.07 Å². The monoisotopic (exact) mass is 393 g/mol. The van der Waals surface area contributed by atoms with Gasteiger partial charge in [0, 0.05) is 18.5 Å². The summed E-state index contributed by atoms with van der Waals surface area (Å²) in [5.41, 5.74) is 9.65. The molecule has 4 N–H and O–H groups in total. The third-order valence-corrected chi connectivity index (χ3v) is 4.89. The molecule has 0 saturated heterocycles. The Kier molecular flexibility index (Phi) is 5.10. The number of nitrogens with one attached hydrogen (secondary N) is 2. The normalized spacial score (nSPS) is 13.9. The van der Waals surface area contributed by atoms with Gasteiger partial charge in [0.05, 0.1) is 24.2 Å². The van der Waals surface area contributed by atoms with Crippen molar-refractivity contribution in [1.29, 1.82) is 5.26 Å². The fourth-order valence-electron chi connectivity index (χ4n) is 3.47. The number of anilines is 2. The van der Waals surface area contributed by atoms with Crippen LogP contribution in [0.1, 0.15) is 28.9 Å². The van der Waals surface area contributed by atoms with E-state index in [0.29, 0.717) is 49.5 Å². The molecule has 0 fully saturated rings. The van der Waals surface area contributed by atoms with Gasteiger partial charge >= 0.3 is 0 Å². The largest absolute Gasteiger partial charge is 0.382 e. The number of hydrogen-bond donors (Lipinski definition) is 3. The molecule has 0 saturated carbocycles. The molecule has 2 aromatic heterocycles. The summed E-state index contributed by atoms with van der Waals surface area (Å²) in [5, 5.41) is 12.3. The van der Waals surface area contributed by atoms with E-state index in [1.807, 2.05) is 19.1 Å². The van der Waals surface area contributed by atoms with Gasteiger partial charge in [0.2, 0.25) is 0 Å². The molecule has 4 rings (SSSR count). The minimum atomic E-state index is -0.258. The first-order valence-electron chi connectivity index (χ1n) is 9.27. The number of ether oxygens (including phenoxy) is 1. The zero-order valence-corrected chi connectivity index (χ0v) is 15.9. The Hall–Kier alpha value is -3.51. The van der Waals surface area contributed by atoms with E-state index in [0.717, 1.165) is 22.5 Å². The van der Waals surface area contributed by atoms with Crippen LogP contribution in [-0.2, 0) is 11.2 Å². The SMILES string of the molecule is Cc1cc(F)c(C2=CCOCC2)c2[nH]c(CCNc3ncnc(N)c3C#N)nc12. The third-order valence-electron chi connectivity index (χ3n) is 4.89. The zero-order valence-electron chi connectivity index (χ0n) is 15.9. The summed E-state index contributed by atoms with van der Waals surface area (Å²) >= 11 is 0. The van der Waals surface area contributed by atoms with E-state index >= 15 is 0 Å². The predicted octanol–water partition coefficient (Wildman–Crippen LogP) is 2.71. The maximum atomic E-state index is 14.8. The molecule has 1 aromatic carbocycles. The Labute approximate surface area is 166 Å². The molecule has 1 aliphatic rings. The van der Waals surface area contributed by atoms with Gasteiger partial charge in [0.15, 0.2) is 0 Å². The minimum Gasteiger partial charge on any atom is -0.382 e. The van der Waals surface area contributed by atoms with Crippen LogP contribution in [0, 0.1) is 24.1 Å². The number of nitrogens with two attached hydrogens (primary N) is 1. The Morgan fingerprint density at radius 1 is 1.41 bits per heavy atom. The zero-order chi connectivity index (χ0) is 20.4. The highest BCUT2D eigenvalue weighted by molar-refractivity contribution is 5.91. The Morgan fingerprint density at radius 2 is 2.28 bits per heavy atom. The first kappa shape index (κ1) is 18.8. The van der Waals surface area contributed by atoms with Crippen molar-refractivity contribution < 1.29 is 9.13 Å². The van der Waals surface area contributed by atoms with E-state index in [2.05, 4.69) is 25.3 Å². The van der Waals surface area contributed by atoms with Crippen molar-refractivity contribution in [3.05, 3.63) is 46.8 Å². The van der Waals surface area contributed by atoms with Gasteiger partial charge in [0.25, 0.3) is 0 Å². The number of imidazole rings is 1. The van der Waals surface area contributed by atoms with Crippen molar-refractivity contribution >= 4 is 28.2 Å². The Morgan fingerprint density at radius 3 is 3.03 bits per heavy atom. The number of aryl methyl sites for hydroxylation is 1. The van der Waals surface area contributed by atoms with Gasteiger partial charge in [-0.2, -0.15) is 5.26 Å². The lowest BCUT2D eigenvalue weighted by Crippen LogP contribution is -2.10. The van der Waals surface area contributed by atoms with E-state index in [4.69, 9.17) is 10.5 Å². The standard InChI is InChI=1S/C20H20FN7O/c1-11-8-14(21)16(12-3-6-29-7-4-12)18-17(11)27-15(28-18)2-5-24-20-13(9-22)19(23)25-10-26-20/h3,8,10H,2,4-7H2,1H3,(H,27,28)(H3,23,24,25,26). The summed E-state index contributed by atoms with van der Waals surface area (Å²) in [4.78, 5) is 15.8. The summed E-state index contributed by atoms with van der Waals surface area (Å²) in [5.74, 6) is 0.975. The lowest BCUT2D eigenvalue weighted by molar-refractivity contribution is 0.161. The molecule has 0 radical (unpaired) electrons. The van der Waals surface area contributed by atoms with Crippen LogP contribution >= 0.6 is 0 Å². The number of hydrogen-bond acceptors (Lipinski definition) is 7. The van der Waals surface area contributed by atoms with Crippen molar-refractivity contribution in [1.82, 2.24) is 19.9 Å². The molecular formula is C20H20FN7O. The summed E-state index contributed by atoms with van der Waals surface area (Å²) in [6.07, 6.45) is 4.42. The maximum Gasteiger partial charge on any atom is 0.149 e. The number of rotatable bonds is 5. The second-order valence-corrected chi connectivity index (χ2v) is 6.78. The topological polar surface area (TPSA) is 126 Å². The van der Waals surface area contributed by atoms with Gasteiger partial charge in [-0.3, -0.25) is 0 Å². The molecule has 0 amide bonds. The lowest BCUT2D eigenvalue weighted by atomic mass is 9.98. The molecule has 0 spiro atoms. The number of fused-ring (bicyclic) bond motifs is 1. The quantitative estimate of drug-likeness (QED) is 0.608. The number of nitrogen functional groups attached to an aromatic ring is 1. The van der Waals surface area contributed by atoms with Crippen molar-refractivity contribution in [2.24, 2.45) is 0 Å².